The molecule has 0 aromatic rings. The number of esters is 3. The van der Waals surface area contributed by atoms with Gasteiger partial charge in [-0.2, -0.15) is 0 Å². The minimum atomic E-state index is -0.759. The third-order valence-electron chi connectivity index (χ3n) is 10.3. The highest BCUT2D eigenvalue weighted by Gasteiger charge is 2.19. The van der Waals surface area contributed by atoms with Gasteiger partial charge in [0.2, 0.25) is 0 Å². The molecule has 0 N–H and O–H groups in total. The highest BCUT2D eigenvalue weighted by molar-refractivity contribution is 5.71. The highest BCUT2D eigenvalue weighted by atomic mass is 16.6. The fraction of sp³-hybridized carbons (Fsp3) is 0.935. The number of ether oxygens (including phenoxy) is 3. The second-order valence-electron chi connectivity index (χ2n) is 16.2. The Hall–Kier alpha value is -1.59. The summed E-state index contributed by atoms with van der Waals surface area (Å²) in [7, 11) is 0. The summed E-state index contributed by atoms with van der Waals surface area (Å²) in [5.74, 6) is -0.0995. The van der Waals surface area contributed by atoms with Crippen molar-refractivity contribution in [2.75, 3.05) is 13.2 Å². The molecule has 308 valence electrons. The van der Waals surface area contributed by atoms with E-state index < -0.39 is 6.10 Å². The van der Waals surface area contributed by atoms with Crippen molar-refractivity contribution in [1.29, 1.82) is 0 Å². The van der Waals surface area contributed by atoms with Crippen LogP contribution >= 0.6 is 0 Å². The molecule has 0 aromatic heterocycles. The summed E-state index contributed by atoms with van der Waals surface area (Å²) < 4.78 is 16.7. The maximum absolute atomic E-state index is 12.7. The van der Waals surface area contributed by atoms with E-state index in [1.165, 1.54) is 148 Å². The first-order valence-corrected chi connectivity index (χ1v) is 22.9. The first-order chi connectivity index (χ1) is 25.4. The van der Waals surface area contributed by atoms with Crippen molar-refractivity contribution in [1.82, 2.24) is 0 Å². The molecule has 6 nitrogen and oxygen atoms in total. The first kappa shape index (κ1) is 50.4. The summed E-state index contributed by atoms with van der Waals surface area (Å²) >= 11 is 0. The Morgan fingerprint density at radius 1 is 0.365 bits per heavy atom. The van der Waals surface area contributed by atoms with E-state index in [2.05, 4.69) is 27.7 Å². The van der Waals surface area contributed by atoms with Crippen LogP contribution in [0.4, 0.5) is 0 Å². The average Bonchev–Trinajstić information content (AvgIpc) is 3.12. The molecule has 6 heteroatoms. The Bertz CT molecular complexity index is 781. The van der Waals surface area contributed by atoms with Crippen LogP contribution in [0.15, 0.2) is 0 Å². The van der Waals surface area contributed by atoms with Crippen LogP contribution in [0.3, 0.4) is 0 Å². The van der Waals surface area contributed by atoms with E-state index in [0.29, 0.717) is 19.3 Å². The molecular formula is C46H88O6. The van der Waals surface area contributed by atoms with Gasteiger partial charge in [0.25, 0.3) is 0 Å². The maximum Gasteiger partial charge on any atom is 0.306 e. The largest absolute Gasteiger partial charge is 0.462 e. The van der Waals surface area contributed by atoms with E-state index in [1.807, 2.05) is 0 Å². The molecule has 0 fully saturated rings. The van der Waals surface area contributed by atoms with Crippen molar-refractivity contribution in [3.05, 3.63) is 0 Å². The van der Waals surface area contributed by atoms with Crippen molar-refractivity contribution >= 4 is 17.9 Å². The second-order valence-corrected chi connectivity index (χ2v) is 16.2. The van der Waals surface area contributed by atoms with E-state index in [4.69, 9.17) is 14.2 Å². The molecule has 0 saturated carbocycles. The monoisotopic (exact) mass is 737 g/mol. The smallest absolute Gasteiger partial charge is 0.306 e. The van der Waals surface area contributed by atoms with Gasteiger partial charge in [-0.15, -0.1) is 0 Å². The molecule has 0 saturated heterocycles. The minimum Gasteiger partial charge on any atom is -0.462 e. The zero-order valence-electron chi connectivity index (χ0n) is 35.3. The van der Waals surface area contributed by atoms with Crippen LogP contribution in [-0.4, -0.2) is 37.2 Å². The number of rotatable bonds is 41. The van der Waals surface area contributed by atoms with Gasteiger partial charge in [-0.3, -0.25) is 14.4 Å². The Kier molecular flexibility index (Phi) is 39.4. The van der Waals surface area contributed by atoms with E-state index in [-0.39, 0.29) is 31.1 Å². The predicted molar refractivity (Wildman–Crippen MR) is 220 cm³/mol. The van der Waals surface area contributed by atoms with Gasteiger partial charge in [-0.1, -0.05) is 214 Å². The topological polar surface area (TPSA) is 78.9 Å². The lowest BCUT2D eigenvalue weighted by atomic mass is 10.0. The second kappa shape index (κ2) is 40.6. The number of hydrogen-bond acceptors (Lipinski definition) is 6. The average molecular weight is 737 g/mol. The van der Waals surface area contributed by atoms with Gasteiger partial charge in [0.05, 0.1) is 0 Å². The van der Waals surface area contributed by atoms with Gasteiger partial charge in [0.1, 0.15) is 13.2 Å². The summed E-state index contributed by atoms with van der Waals surface area (Å²) in [6.07, 6.45) is 39.5. The van der Waals surface area contributed by atoms with Crippen LogP contribution in [0.1, 0.15) is 252 Å². The van der Waals surface area contributed by atoms with Gasteiger partial charge in [-0.05, 0) is 25.2 Å². The zero-order chi connectivity index (χ0) is 38.2. The molecule has 52 heavy (non-hydrogen) atoms. The highest BCUT2D eigenvalue weighted by Crippen LogP contribution is 2.16. The van der Waals surface area contributed by atoms with Crippen molar-refractivity contribution in [2.45, 2.75) is 259 Å². The van der Waals surface area contributed by atoms with Crippen LogP contribution in [-0.2, 0) is 28.6 Å². The van der Waals surface area contributed by atoms with Crippen LogP contribution in [0, 0.1) is 5.92 Å². The molecule has 0 amide bonds. The van der Waals surface area contributed by atoms with Gasteiger partial charge in [0, 0.05) is 19.3 Å². The van der Waals surface area contributed by atoms with E-state index in [1.54, 1.807) is 0 Å². The van der Waals surface area contributed by atoms with Crippen molar-refractivity contribution in [3.8, 4) is 0 Å². The van der Waals surface area contributed by atoms with E-state index in [0.717, 1.165) is 63.7 Å². The lowest BCUT2D eigenvalue weighted by Gasteiger charge is -2.18. The quantitative estimate of drug-likeness (QED) is 0.0353. The van der Waals surface area contributed by atoms with Crippen LogP contribution in [0.5, 0.6) is 0 Å². The van der Waals surface area contributed by atoms with Crippen molar-refractivity contribution in [3.63, 3.8) is 0 Å². The molecule has 0 radical (unpaired) electrons. The molecule has 0 aliphatic rings. The molecular weight excluding hydrogens is 648 g/mol. The lowest BCUT2D eigenvalue weighted by Crippen LogP contribution is -2.30. The Morgan fingerprint density at radius 2 is 0.635 bits per heavy atom. The zero-order valence-corrected chi connectivity index (χ0v) is 35.3. The fourth-order valence-electron chi connectivity index (χ4n) is 6.80. The molecule has 0 heterocycles. The molecule has 0 unspecified atom stereocenters. The van der Waals surface area contributed by atoms with Crippen LogP contribution in [0.2, 0.25) is 0 Å². The third-order valence-corrected chi connectivity index (χ3v) is 10.3. The Labute approximate surface area is 323 Å². The van der Waals surface area contributed by atoms with Crippen molar-refractivity contribution in [2.24, 2.45) is 5.92 Å². The van der Waals surface area contributed by atoms with Crippen LogP contribution < -0.4 is 0 Å². The SMILES string of the molecule is CCCCCCCCCCCCCCCC(=O)OC[C@@H](COC(=O)CCCCCCCCCCCCCC)OC(=O)CCCCCCCCC(C)C. The predicted octanol–water partition coefficient (Wildman–Crippen LogP) is 14.3. The van der Waals surface area contributed by atoms with Gasteiger partial charge in [0.15, 0.2) is 6.10 Å². The van der Waals surface area contributed by atoms with Gasteiger partial charge < -0.3 is 14.2 Å². The minimum absolute atomic E-state index is 0.0647. The van der Waals surface area contributed by atoms with Gasteiger partial charge in [-0.25, -0.2) is 0 Å². The summed E-state index contributed by atoms with van der Waals surface area (Å²) in [6.45, 7) is 8.92. The number of carbonyl (C=O) groups is 3. The number of carbonyl (C=O) groups excluding carboxylic acids is 3. The molecule has 0 bridgehead atoms. The van der Waals surface area contributed by atoms with Gasteiger partial charge >= 0.3 is 17.9 Å². The summed E-state index contributed by atoms with van der Waals surface area (Å²) in [4.78, 5) is 37.6. The summed E-state index contributed by atoms with van der Waals surface area (Å²) in [5, 5.41) is 0. The third kappa shape index (κ3) is 39.6. The number of hydrogen-bond donors (Lipinski definition) is 0. The molecule has 1 atom stereocenters. The normalized spacial score (nSPS) is 11.9. The standard InChI is InChI=1S/C46H88O6/c1-5-7-9-11-13-15-17-19-21-23-25-30-34-38-45(48)51-41-43(52-46(49)39-35-31-27-26-28-32-36-42(3)4)40-50-44(47)37-33-29-24-22-20-18-16-14-12-10-8-6-2/h42-43H,5-41H2,1-4H3/t43-/m1/s1. The number of unbranched alkanes of at least 4 members (excludes halogenated alkanes) is 28. The summed E-state index contributed by atoms with van der Waals surface area (Å²) in [6, 6.07) is 0. The molecule has 0 rings (SSSR count). The van der Waals surface area contributed by atoms with Crippen molar-refractivity contribution < 1.29 is 28.6 Å². The molecule has 0 spiro atoms. The molecule has 0 aliphatic heterocycles. The Balaban J connectivity index is 4.30. The maximum atomic E-state index is 12.7. The Morgan fingerprint density at radius 3 is 0.942 bits per heavy atom. The molecule has 0 aromatic carbocycles. The van der Waals surface area contributed by atoms with Crippen LogP contribution in [0.25, 0.3) is 0 Å². The lowest BCUT2D eigenvalue weighted by molar-refractivity contribution is -0.167. The summed E-state index contributed by atoms with van der Waals surface area (Å²) in [5.41, 5.74) is 0. The first-order valence-electron chi connectivity index (χ1n) is 22.9. The molecule has 0 aliphatic carbocycles. The van der Waals surface area contributed by atoms with E-state index >= 15 is 0 Å². The fourth-order valence-corrected chi connectivity index (χ4v) is 6.80. The van der Waals surface area contributed by atoms with E-state index in [9.17, 15) is 14.4 Å².